The molecule has 0 aliphatic heterocycles. The Morgan fingerprint density at radius 1 is 1.09 bits per heavy atom. The number of alkyl carbamates (subject to hydrolysis) is 1. The summed E-state index contributed by atoms with van der Waals surface area (Å²) in [7, 11) is 0. The first-order valence-electron chi connectivity index (χ1n) is 7.76. The lowest BCUT2D eigenvalue weighted by atomic mass is 9.98. The molecule has 0 saturated heterocycles. The molecule has 0 aromatic heterocycles. The maximum absolute atomic E-state index is 12.0. The fraction of sp³-hybridized carbons (Fsp3) is 0.316. The molecule has 2 aromatic carbocycles. The highest BCUT2D eigenvalue weighted by atomic mass is 16.5. The van der Waals surface area contributed by atoms with Gasteiger partial charge in [-0.1, -0.05) is 48.5 Å². The molecule has 0 radical (unpaired) electrons. The minimum absolute atomic E-state index is 0.0467. The number of nitrogens with one attached hydrogen (secondary N) is 1. The van der Waals surface area contributed by atoms with Gasteiger partial charge in [-0.15, -0.1) is 0 Å². The van der Waals surface area contributed by atoms with Crippen molar-refractivity contribution >= 4 is 6.09 Å². The highest BCUT2D eigenvalue weighted by molar-refractivity contribution is 5.79. The Labute approximate surface area is 136 Å². The van der Waals surface area contributed by atoms with Crippen LogP contribution in [0.1, 0.15) is 30.9 Å². The number of hydrogen-bond donors (Lipinski definition) is 2. The fourth-order valence-electron chi connectivity index (χ4n) is 2.95. The summed E-state index contributed by atoms with van der Waals surface area (Å²) in [6.07, 6.45) is -0.508. The van der Waals surface area contributed by atoms with Gasteiger partial charge in [-0.05, 0) is 36.1 Å². The van der Waals surface area contributed by atoms with Crippen molar-refractivity contribution in [3.63, 3.8) is 0 Å². The molecule has 0 bridgehead atoms. The van der Waals surface area contributed by atoms with Crippen molar-refractivity contribution in [1.29, 1.82) is 0 Å². The molecule has 0 fully saturated rings. The van der Waals surface area contributed by atoms with Crippen LogP contribution in [0.4, 0.5) is 4.79 Å². The zero-order valence-corrected chi connectivity index (χ0v) is 13.4. The maximum Gasteiger partial charge on any atom is 0.407 e. The van der Waals surface area contributed by atoms with E-state index < -0.39 is 11.6 Å². The van der Waals surface area contributed by atoms with E-state index in [9.17, 15) is 9.90 Å². The van der Waals surface area contributed by atoms with Crippen LogP contribution in [0.25, 0.3) is 11.1 Å². The Kier molecular flexibility index (Phi) is 4.09. The number of hydrogen-bond acceptors (Lipinski definition) is 3. The van der Waals surface area contributed by atoms with Crippen molar-refractivity contribution in [2.45, 2.75) is 25.3 Å². The van der Waals surface area contributed by atoms with Crippen LogP contribution in [0.3, 0.4) is 0 Å². The molecule has 1 aliphatic rings. The summed E-state index contributed by atoms with van der Waals surface area (Å²) in [5, 5.41) is 11.9. The van der Waals surface area contributed by atoms with E-state index in [1.54, 1.807) is 13.8 Å². The number of carbonyl (C=O) groups excluding carboxylic acids is 1. The largest absolute Gasteiger partial charge is 0.449 e. The summed E-state index contributed by atoms with van der Waals surface area (Å²) in [6.45, 7) is 3.63. The van der Waals surface area contributed by atoms with Crippen LogP contribution in [-0.2, 0) is 4.74 Å². The summed E-state index contributed by atoms with van der Waals surface area (Å²) < 4.78 is 5.42. The lowest BCUT2D eigenvalue weighted by Crippen LogP contribution is -2.46. The number of ether oxygens (including phenoxy) is 1. The molecule has 2 N–H and O–H groups in total. The van der Waals surface area contributed by atoms with E-state index in [1.165, 1.54) is 22.3 Å². The van der Waals surface area contributed by atoms with Crippen LogP contribution in [0, 0.1) is 0 Å². The predicted octanol–water partition coefficient (Wildman–Crippen LogP) is 3.30. The Bertz CT molecular complexity index is 679. The van der Waals surface area contributed by atoms with E-state index in [2.05, 4.69) is 29.6 Å². The van der Waals surface area contributed by atoms with Gasteiger partial charge in [-0.2, -0.15) is 0 Å². The third kappa shape index (κ3) is 3.08. The molecule has 1 amide bonds. The Balaban J connectivity index is 1.77. The average Bonchev–Trinajstić information content (AvgIpc) is 2.87. The molecule has 3 rings (SSSR count). The van der Waals surface area contributed by atoms with Crippen molar-refractivity contribution in [2.24, 2.45) is 0 Å². The van der Waals surface area contributed by atoms with Gasteiger partial charge in [0, 0.05) is 5.92 Å². The fourth-order valence-corrected chi connectivity index (χ4v) is 2.95. The molecule has 0 heterocycles. The van der Waals surface area contributed by atoms with Crippen LogP contribution in [-0.4, -0.2) is 30.0 Å². The van der Waals surface area contributed by atoms with Crippen LogP contribution in [0.2, 0.25) is 0 Å². The average molecular weight is 311 g/mol. The smallest absolute Gasteiger partial charge is 0.407 e. The van der Waals surface area contributed by atoms with Crippen molar-refractivity contribution in [3.05, 3.63) is 59.7 Å². The number of rotatable bonds is 4. The highest BCUT2D eigenvalue weighted by Gasteiger charge is 2.29. The molecule has 1 aliphatic carbocycles. The highest BCUT2D eigenvalue weighted by Crippen LogP contribution is 2.44. The first-order chi connectivity index (χ1) is 11.0. The van der Waals surface area contributed by atoms with Crippen LogP contribution >= 0.6 is 0 Å². The lowest BCUT2D eigenvalue weighted by Gasteiger charge is -2.23. The third-order valence-electron chi connectivity index (χ3n) is 4.18. The van der Waals surface area contributed by atoms with Crippen molar-refractivity contribution in [3.8, 4) is 11.1 Å². The number of benzene rings is 2. The Morgan fingerprint density at radius 3 is 2.13 bits per heavy atom. The molecule has 0 spiro atoms. The molecule has 4 nitrogen and oxygen atoms in total. The second-order valence-corrected chi connectivity index (χ2v) is 6.49. The quantitative estimate of drug-likeness (QED) is 0.911. The van der Waals surface area contributed by atoms with Crippen molar-refractivity contribution in [1.82, 2.24) is 5.32 Å². The first kappa shape index (κ1) is 15.6. The summed E-state index contributed by atoms with van der Waals surface area (Å²) in [5.41, 5.74) is 4.08. The zero-order chi connectivity index (χ0) is 16.4. The number of amides is 1. The SMILES string of the molecule is CC(C)(CO)NC(=O)OCC1c2ccccc2-c2ccccc21. The van der Waals surface area contributed by atoms with Crippen molar-refractivity contribution in [2.75, 3.05) is 13.2 Å². The van der Waals surface area contributed by atoms with Gasteiger partial charge in [0.1, 0.15) is 6.61 Å². The van der Waals surface area contributed by atoms with Gasteiger partial charge in [0.25, 0.3) is 0 Å². The number of aliphatic hydroxyl groups is 1. The van der Waals surface area contributed by atoms with Crippen LogP contribution in [0.5, 0.6) is 0 Å². The number of carbonyl (C=O) groups is 1. The van der Waals surface area contributed by atoms with E-state index in [0.717, 1.165) is 0 Å². The van der Waals surface area contributed by atoms with Gasteiger partial charge in [-0.3, -0.25) is 0 Å². The third-order valence-corrected chi connectivity index (χ3v) is 4.18. The predicted molar refractivity (Wildman–Crippen MR) is 89.4 cm³/mol. The molecule has 0 unspecified atom stereocenters. The summed E-state index contributed by atoms with van der Waals surface area (Å²) in [5.74, 6) is 0.0467. The molecular weight excluding hydrogens is 290 g/mol. The normalized spacial score (nSPS) is 13.3. The zero-order valence-electron chi connectivity index (χ0n) is 13.4. The van der Waals surface area contributed by atoms with Crippen LogP contribution in [0.15, 0.2) is 48.5 Å². The van der Waals surface area contributed by atoms with E-state index in [1.807, 2.05) is 24.3 Å². The van der Waals surface area contributed by atoms with Gasteiger partial charge in [0.2, 0.25) is 0 Å². The van der Waals surface area contributed by atoms with Gasteiger partial charge in [0.05, 0.1) is 12.1 Å². The molecule has 0 atom stereocenters. The number of aliphatic hydroxyl groups excluding tert-OH is 1. The minimum atomic E-state index is -0.692. The van der Waals surface area contributed by atoms with Gasteiger partial charge < -0.3 is 15.2 Å². The van der Waals surface area contributed by atoms with Crippen LogP contribution < -0.4 is 5.32 Å². The molecule has 120 valence electrons. The molecule has 4 heteroatoms. The molecule has 2 aromatic rings. The monoisotopic (exact) mass is 311 g/mol. The maximum atomic E-state index is 12.0. The van der Waals surface area contributed by atoms with E-state index >= 15 is 0 Å². The second kappa shape index (κ2) is 6.05. The van der Waals surface area contributed by atoms with Crippen molar-refractivity contribution < 1.29 is 14.6 Å². The Hall–Kier alpha value is -2.33. The summed E-state index contributed by atoms with van der Waals surface area (Å²) in [4.78, 5) is 12.0. The minimum Gasteiger partial charge on any atom is -0.449 e. The summed E-state index contributed by atoms with van der Waals surface area (Å²) in [6, 6.07) is 16.4. The standard InChI is InChI=1S/C19H21NO3/c1-19(2,12-21)20-18(22)23-11-17-15-9-5-3-7-13(15)14-8-4-6-10-16(14)17/h3-10,17,21H,11-12H2,1-2H3,(H,20,22). The van der Waals surface area contributed by atoms with E-state index in [-0.39, 0.29) is 19.1 Å². The van der Waals surface area contributed by atoms with E-state index in [4.69, 9.17) is 4.74 Å². The topological polar surface area (TPSA) is 58.6 Å². The molecule has 23 heavy (non-hydrogen) atoms. The molecular formula is C19H21NO3. The Morgan fingerprint density at radius 2 is 1.61 bits per heavy atom. The lowest BCUT2D eigenvalue weighted by molar-refractivity contribution is 0.119. The van der Waals surface area contributed by atoms with Gasteiger partial charge >= 0.3 is 6.09 Å². The van der Waals surface area contributed by atoms with Gasteiger partial charge in [0.15, 0.2) is 0 Å². The number of fused-ring (bicyclic) bond motifs is 3. The van der Waals surface area contributed by atoms with Gasteiger partial charge in [-0.25, -0.2) is 4.79 Å². The second-order valence-electron chi connectivity index (χ2n) is 6.49. The summed E-state index contributed by atoms with van der Waals surface area (Å²) >= 11 is 0. The van der Waals surface area contributed by atoms with E-state index in [0.29, 0.717) is 0 Å². The first-order valence-corrected chi connectivity index (χ1v) is 7.76. The molecule has 0 saturated carbocycles.